The first-order valence-electron chi connectivity index (χ1n) is 10.8. The first kappa shape index (κ1) is 22.4. The molecule has 1 amide bonds. The third-order valence-corrected chi connectivity index (χ3v) is 10.2. The van der Waals surface area contributed by atoms with Gasteiger partial charge in [0.1, 0.15) is 23.2 Å². The lowest BCUT2D eigenvalue weighted by Gasteiger charge is -2.27. The Labute approximate surface area is 194 Å². The van der Waals surface area contributed by atoms with E-state index in [2.05, 4.69) is 78.1 Å². The Morgan fingerprint density at radius 3 is 1.39 bits per heavy atom. The van der Waals surface area contributed by atoms with Crippen LogP contribution in [0.4, 0.5) is 0 Å². The van der Waals surface area contributed by atoms with Crippen LogP contribution in [0, 0.1) is 0 Å². The van der Waals surface area contributed by atoms with E-state index >= 15 is 0 Å². The normalized spacial score (nSPS) is 11.0. The van der Waals surface area contributed by atoms with Crippen molar-refractivity contribution < 1.29 is 14.7 Å². The molecule has 0 heterocycles. The molecule has 0 saturated heterocycles. The van der Waals surface area contributed by atoms with E-state index < -0.39 is 13.2 Å². The van der Waals surface area contributed by atoms with Crippen molar-refractivity contribution in [1.29, 1.82) is 0 Å². The van der Waals surface area contributed by atoms with Gasteiger partial charge in [-0.2, -0.15) is 0 Å². The maximum Gasteiger partial charge on any atom is 0.335 e. The summed E-state index contributed by atoms with van der Waals surface area (Å²) in [4.78, 5) is 23.8. The summed E-state index contributed by atoms with van der Waals surface area (Å²) in [5.74, 6) is -1.22. The van der Waals surface area contributed by atoms with Crippen LogP contribution in [-0.4, -0.2) is 29.7 Å². The maximum absolute atomic E-state index is 12.8. The molecule has 0 fully saturated rings. The molecule has 0 aliphatic carbocycles. The first-order chi connectivity index (χ1) is 16.1. The van der Waals surface area contributed by atoms with Gasteiger partial charge in [0.05, 0.1) is 18.3 Å². The van der Waals surface area contributed by atoms with Crippen LogP contribution < -0.4 is 21.2 Å². The minimum atomic E-state index is -2.01. The maximum atomic E-state index is 12.8. The fourth-order valence-corrected chi connectivity index (χ4v) is 8.24. The van der Waals surface area contributed by atoms with Crippen LogP contribution in [0.15, 0.2) is 115 Å². The molecule has 4 aromatic rings. The van der Waals surface area contributed by atoms with E-state index in [1.807, 2.05) is 18.2 Å². The predicted molar refractivity (Wildman–Crippen MR) is 136 cm³/mol. The summed E-state index contributed by atoms with van der Waals surface area (Å²) in [5.41, 5.74) is 0.608. The van der Waals surface area contributed by atoms with Crippen molar-refractivity contribution in [1.82, 2.24) is 5.32 Å². The minimum absolute atomic E-state index is 0.161. The standard InChI is InChI=1S/C28H24NO3P/c30-27(22-16-18-23(19-17-22)28(31)32)29-20-21-33(24-10-4-1-5-11-24,25-12-6-2-7-13-25)26-14-8-3-9-15-26/h1-19H,20-21H2,(H-,29,30,31,32)/p+1. The molecule has 4 rings (SSSR count). The van der Waals surface area contributed by atoms with E-state index in [-0.39, 0.29) is 11.5 Å². The van der Waals surface area contributed by atoms with Crippen LogP contribution in [0.5, 0.6) is 0 Å². The van der Waals surface area contributed by atoms with Gasteiger partial charge in [0.15, 0.2) is 0 Å². The van der Waals surface area contributed by atoms with E-state index in [1.54, 1.807) is 12.1 Å². The summed E-state index contributed by atoms with van der Waals surface area (Å²) in [6.45, 7) is 0.492. The zero-order valence-electron chi connectivity index (χ0n) is 18.1. The average Bonchev–Trinajstić information content (AvgIpc) is 2.88. The minimum Gasteiger partial charge on any atom is -0.478 e. The van der Waals surface area contributed by atoms with Gasteiger partial charge in [-0.3, -0.25) is 4.79 Å². The van der Waals surface area contributed by atoms with Crippen LogP contribution in [0.1, 0.15) is 20.7 Å². The lowest BCUT2D eigenvalue weighted by atomic mass is 10.1. The number of hydrogen-bond donors (Lipinski definition) is 2. The molecule has 2 N–H and O–H groups in total. The molecule has 0 aliphatic heterocycles. The Hall–Kier alpha value is -3.75. The lowest BCUT2D eigenvalue weighted by molar-refractivity contribution is 0.0696. The molecule has 5 heteroatoms. The van der Waals surface area contributed by atoms with Gasteiger partial charge < -0.3 is 10.4 Å². The third kappa shape index (κ3) is 4.87. The number of carboxylic acids is 1. The third-order valence-electron chi connectivity index (χ3n) is 5.72. The molecule has 33 heavy (non-hydrogen) atoms. The fourth-order valence-electron chi connectivity index (χ4n) is 4.09. The SMILES string of the molecule is O=C(O)c1ccc(C(=O)NCC[P+](c2ccccc2)(c2ccccc2)c2ccccc2)cc1. The number of carboxylic acid groups (broad SMARTS) is 1. The molecule has 0 radical (unpaired) electrons. The quantitative estimate of drug-likeness (QED) is 0.394. The summed E-state index contributed by atoms with van der Waals surface area (Å²) < 4.78 is 0. The topological polar surface area (TPSA) is 66.4 Å². The number of benzene rings is 4. The van der Waals surface area contributed by atoms with Crippen molar-refractivity contribution in [2.24, 2.45) is 0 Å². The smallest absolute Gasteiger partial charge is 0.335 e. The average molecular weight is 454 g/mol. The summed E-state index contributed by atoms with van der Waals surface area (Å²) in [6.07, 6.45) is 0.768. The molecule has 4 aromatic carbocycles. The Balaban J connectivity index is 1.66. The molecule has 0 spiro atoms. The highest BCUT2D eigenvalue weighted by atomic mass is 31.2. The highest BCUT2D eigenvalue weighted by molar-refractivity contribution is 7.95. The van der Waals surface area contributed by atoms with Gasteiger partial charge in [0.2, 0.25) is 0 Å². The largest absolute Gasteiger partial charge is 0.478 e. The zero-order chi connectivity index (χ0) is 23.1. The summed E-state index contributed by atoms with van der Waals surface area (Å²) >= 11 is 0. The molecule has 0 aromatic heterocycles. The highest BCUT2D eigenvalue weighted by Gasteiger charge is 2.44. The summed E-state index contributed by atoms with van der Waals surface area (Å²) in [5, 5.41) is 15.9. The molecule has 164 valence electrons. The molecule has 0 atom stereocenters. The molecule has 4 nitrogen and oxygen atoms in total. The van der Waals surface area contributed by atoms with Crippen LogP contribution >= 0.6 is 7.26 Å². The van der Waals surface area contributed by atoms with Gasteiger partial charge in [0, 0.05) is 5.56 Å². The lowest BCUT2D eigenvalue weighted by Crippen LogP contribution is -2.37. The summed E-state index contributed by atoms with van der Waals surface area (Å²) in [7, 11) is -2.01. The molecule has 0 bridgehead atoms. The molecule has 0 unspecified atom stereocenters. The predicted octanol–water partition coefficient (Wildman–Crippen LogP) is 4.11. The van der Waals surface area contributed by atoms with Crippen molar-refractivity contribution in [3.05, 3.63) is 126 Å². The second-order valence-corrected chi connectivity index (χ2v) is 11.3. The Bertz CT molecular complexity index is 1110. The summed E-state index contributed by atoms with van der Waals surface area (Å²) in [6, 6.07) is 37.6. The van der Waals surface area contributed by atoms with Crippen molar-refractivity contribution in [3.8, 4) is 0 Å². The van der Waals surface area contributed by atoms with Crippen LogP contribution in [-0.2, 0) is 0 Å². The van der Waals surface area contributed by atoms with E-state index in [9.17, 15) is 9.59 Å². The van der Waals surface area contributed by atoms with Gasteiger partial charge in [0.25, 0.3) is 5.91 Å². The highest BCUT2D eigenvalue weighted by Crippen LogP contribution is 2.54. The molecule has 0 saturated carbocycles. The number of rotatable bonds is 8. The Morgan fingerprint density at radius 2 is 1.00 bits per heavy atom. The molecule has 0 aliphatic rings. The first-order valence-corrected chi connectivity index (χ1v) is 12.7. The van der Waals surface area contributed by atoms with Gasteiger partial charge in [-0.1, -0.05) is 54.6 Å². The Morgan fingerprint density at radius 1 is 0.606 bits per heavy atom. The van der Waals surface area contributed by atoms with Crippen LogP contribution in [0.25, 0.3) is 0 Å². The zero-order valence-corrected chi connectivity index (χ0v) is 19.0. The van der Waals surface area contributed by atoms with E-state index in [1.165, 1.54) is 28.0 Å². The van der Waals surface area contributed by atoms with Gasteiger partial charge in [-0.25, -0.2) is 4.79 Å². The van der Waals surface area contributed by atoms with Crippen molar-refractivity contribution >= 4 is 35.1 Å². The van der Waals surface area contributed by atoms with E-state index in [4.69, 9.17) is 5.11 Å². The van der Waals surface area contributed by atoms with Crippen LogP contribution in [0.2, 0.25) is 0 Å². The number of carbonyl (C=O) groups is 2. The Kier molecular flexibility index (Phi) is 6.97. The number of amides is 1. The second-order valence-electron chi connectivity index (χ2n) is 7.68. The number of nitrogens with one attached hydrogen (secondary N) is 1. The van der Waals surface area contributed by atoms with Crippen molar-refractivity contribution in [2.75, 3.05) is 12.7 Å². The second kappa shape index (κ2) is 10.2. The number of carbonyl (C=O) groups excluding carboxylic acids is 1. The van der Waals surface area contributed by atoms with E-state index in [0.717, 1.165) is 6.16 Å². The van der Waals surface area contributed by atoms with Crippen molar-refractivity contribution in [2.45, 2.75) is 0 Å². The molecular weight excluding hydrogens is 429 g/mol. The number of hydrogen-bond acceptors (Lipinski definition) is 2. The molecular formula is C28H25NO3P+. The van der Waals surface area contributed by atoms with E-state index in [0.29, 0.717) is 12.1 Å². The van der Waals surface area contributed by atoms with Gasteiger partial charge in [-0.15, -0.1) is 0 Å². The fraction of sp³-hybridized carbons (Fsp3) is 0.0714. The van der Waals surface area contributed by atoms with Crippen LogP contribution in [0.3, 0.4) is 0 Å². The van der Waals surface area contributed by atoms with Crippen molar-refractivity contribution in [3.63, 3.8) is 0 Å². The van der Waals surface area contributed by atoms with Gasteiger partial charge in [-0.05, 0) is 60.7 Å². The number of aromatic carboxylic acids is 1. The van der Waals surface area contributed by atoms with Gasteiger partial charge >= 0.3 is 5.97 Å². The monoisotopic (exact) mass is 454 g/mol.